The molecule has 0 spiro atoms. The summed E-state index contributed by atoms with van der Waals surface area (Å²) in [6.07, 6.45) is 2.51. The summed E-state index contributed by atoms with van der Waals surface area (Å²) in [5, 5.41) is 0. The normalized spacial score (nSPS) is 10.1. The molecule has 1 heterocycles. The zero-order valence-electron chi connectivity index (χ0n) is 6.25. The molecule has 12 heavy (non-hydrogen) atoms. The summed E-state index contributed by atoms with van der Waals surface area (Å²) in [6.45, 7) is 0. The maximum absolute atomic E-state index is 13.1. The molecule has 2 heteroatoms. The highest BCUT2D eigenvalue weighted by atomic mass is 19.1. The lowest BCUT2D eigenvalue weighted by molar-refractivity contribution is 0.562. The van der Waals surface area contributed by atoms with Crippen molar-refractivity contribution in [2.24, 2.45) is 0 Å². The molecule has 1 nitrogen and oxygen atoms in total. The fourth-order valence-electron chi connectivity index (χ4n) is 1.05. The van der Waals surface area contributed by atoms with E-state index in [1.165, 1.54) is 6.07 Å². The van der Waals surface area contributed by atoms with E-state index < -0.39 is 0 Å². The van der Waals surface area contributed by atoms with Gasteiger partial charge in [0.15, 0.2) is 6.26 Å². The van der Waals surface area contributed by atoms with Gasteiger partial charge in [-0.25, -0.2) is 4.39 Å². The van der Waals surface area contributed by atoms with Gasteiger partial charge in [-0.3, -0.25) is 0 Å². The molecule has 0 atom stereocenters. The molecule has 0 N–H and O–H groups in total. The molecule has 0 saturated heterocycles. The van der Waals surface area contributed by atoms with Crippen LogP contribution >= 0.6 is 0 Å². The van der Waals surface area contributed by atoms with Gasteiger partial charge in [0, 0.05) is 0 Å². The Labute approximate surface area is 69.4 Å². The standard InChI is InChI=1S/C10H6FO/c11-9-5-2-1-4-8(9)10-6-3-7-12-10/h1-6H. The highest BCUT2D eigenvalue weighted by Gasteiger charge is 2.04. The van der Waals surface area contributed by atoms with Crippen molar-refractivity contribution in [3.05, 3.63) is 48.5 Å². The van der Waals surface area contributed by atoms with Crippen LogP contribution in [0.1, 0.15) is 0 Å². The van der Waals surface area contributed by atoms with Crippen LogP contribution in [0.3, 0.4) is 0 Å². The lowest BCUT2D eigenvalue weighted by Crippen LogP contribution is -1.79. The number of halogens is 1. The molecular weight excluding hydrogens is 155 g/mol. The predicted molar refractivity (Wildman–Crippen MR) is 42.9 cm³/mol. The third kappa shape index (κ3) is 1.11. The van der Waals surface area contributed by atoms with E-state index in [4.69, 9.17) is 4.42 Å². The summed E-state index contributed by atoms with van der Waals surface area (Å²) in [5.74, 6) is 0.231. The number of rotatable bonds is 1. The minimum absolute atomic E-state index is 0.277. The van der Waals surface area contributed by atoms with Crippen LogP contribution in [-0.2, 0) is 0 Å². The Bertz CT molecular complexity index is 365. The van der Waals surface area contributed by atoms with Crippen LogP contribution in [0.2, 0.25) is 0 Å². The van der Waals surface area contributed by atoms with Crippen LogP contribution in [0.15, 0.2) is 40.8 Å². The largest absolute Gasteiger partial charge is 0.453 e. The molecule has 1 aromatic heterocycles. The summed E-state index contributed by atoms with van der Waals surface area (Å²) in [5.41, 5.74) is 0.471. The fourth-order valence-corrected chi connectivity index (χ4v) is 1.05. The van der Waals surface area contributed by atoms with Crippen molar-refractivity contribution in [3.8, 4) is 11.3 Å². The molecule has 2 aromatic rings. The second-order valence-corrected chi connectivity index (χ2v) is 2.40. The Morgan fingerprint density at radius 2 is 2.00 bits per heavy atom. The van der Waals surface area contributed by atoms with Crippen LogP contribution in [0.5, 0.6) is 0 Å². The van der Waals surface area contributed by atoms with Crippen molar-refractivity contribution >= 4 is 0 Å². The van der Waals surface area contributed by atoms with Crippen molar-refractivity contribution in [2.45, 2.75) is 0 Å². The van der Waals surface area contributed by atoms with Crippen LogP contribution in [0.4, 0.5) is 4.39 Å². The van der Waals surface area contributed by atoms with Crippen LogP contribution in [0, 0.1) is 12.1 Å². The SMILES string of the molecule is Fc1ccccc1-c1cc[c]o1. The van der Waals surface area contributed by atoms with Crippen molar-refractivity contribution in [1.29, 1.82) is 0 Å². The van der Waals surface area contributed by atoms with E-state index in [1.807, 2.05) is 0 Å². The molecular formula is C10H6FO. The van der Waals surface area contributed by atoms with E-state index in [-0.39, 0.29) is 5.82 Å². The van der Waals surface area contributed by atoms with Gasteiger partial charge in [0.05, 0.1) is 5.56 Å². The third-order valence-electron chi connectivity index (χ3n) is 1.61. The van der Waals surface area contributed by atoms with Crippen molar-refractivity contribution < 1.29 is 8.81 Å². The molecule has 1 aromatic carbocycles. The van der Waals surface area contributed by atoms with Gasteiger partial charge < -0.3 is 4.42 Å². The molecule has 0 aliphatic carbocycles. The Morgan fingerprint density at radius 1 is 1.17 bits per heavy atom. The summed E-state index contributed by atoms with van der Waals surface area (Å²) >= 11 is 0. The highest BCUT2D eigenvalue weighted by molar-refractivity contribution is 5.57. The van der Waals surface area contributed by atoms with E-state index >= 15 is 0 Å². The minimum Gasteiger partial charge on any atom is -0.453 e. The third-order valence-corrected chi connectivity index (χ3v) is 1.61. The summed E-state index contributed by atoms with van der Waals surface area (Å²) < 4.78 is 18.0. The first-order chi connectivity index (χ1) is 5.88. The molecule has 0 aliphatic rings. The van der Waals surface area contributed by atoms with Crippen LogP contribution < -0.4 is 0 Å². The Hall–Kier alpha value is -1.57. The lowest BCUT2D eigenvalue weighted by atomic mass is 10.2. The van der Waals surface area contributed by atoms with Gasteiger partial charge in [-0.15, -0.1) is 0 Å². The van der Waals surface area contributed by atoms with Gasteiger partial charge >= 0.3 is 0 Å². The first kappa shape index (κ1) is 7.10. The molecule has 0 fully saturated rings. The number of hydrogen-bond acceptors (Lipinski definition) is 1. The number of furan rings is 1. The summed E-state index contributed by atoms with van der Waals surface area (Å²) in [6, 6.07) is 9.77. The van der Waals surface area contributed by atoms with Gasteiger partial charge in [-0.1, -0.05) is 12.1 Å². The van der Waals surface area contributed by atoms with E-state index in [1.54, 1.807) is 30.3 Å². The zero-order chi connectivity index (χ0) is 8.39. The molecule has 0 amide bonds. The maximum Gasteiger partial charge on any atom is 0.170 e. The lowest BCUT2D eigenvalue weighted by Gasteiger charge is -1.96. The van der Waals surface area contributed by atoms with Crippen molar-refractivity contribution in [3.63, 3.8) is 0 Å². The van der Waals surface area contributed by atoms with E-state index in [0.29, 0.717) is 11.3 Å². The fraction of sp³-hybridized carbons (Fsp3) is 0. The Kier molecular flexibility index (Phi) is 1.67. The van der Waals surface area contributed by atoms with Crippen molar-refractivity contribution in [1.82, 2.24) is 0 Å². The Morgan fingerprint density at radius 3 is 2.67 bits per heavy atom. The molecule has 0 saturated carbocycles. The van der Waals surface area contributed by atoms with Crippen LogP contribution in [0.25, 0.3) is 11.3 Å². The molecule has 1 radical (unpaired) electrons. The Balaban J connectivity index is 2.55. The van der Waals surface area contributed by atoms with E-state index in [2.05, 4.69) is 6.26 Å². The van der Waals surface area contributed by atoms with Gasteiger partial charge in [0.1, 0.15) is 11.6 Å². The second-order valence-electron chi connectivity index (χ2n) is 2.40. The smallest absolute Gasteiger partial charge is 0.170 e. The van der Waals surface area contributed by atoms with E-state index in [0.717, 1.165) is 0 Å². The average molecular weight is 161 g/mol. The predicted octanol–water partition coefficient (Wildman–Crippen LogP) is 2.89. The first-order valence-corrected chi connectivity index (χ1v) is 3.59. The minimum atomic E-state index is -0.277. The van der Waals surface area contributed by atoms with Gasteiger partial charge in [0.2, 0.25) is 0 Å². The molecule has 2 rings (SSSR count). The average Bonchev–Trinajstić information content (AvgIpc) is 2.57. The highest BCUT2D eigenvalue weighted by Crippen LogP contribution is 2.21. The number of benzene rings is 1. The van der Waals surface area contributed by atoms with Crippen LogP contribution in [-0.4, -0.2) is 0 Å². The maximum atomic E-state index is 13.1. The van der Waals surface area contributed by atoms with E-state index in [9.17, 15) is 4.39 Å². The van der Waals surface area contributed by atoms with Crippen molar-refractivity contribution in [2.75, 3.05) is 0 Å². The molecule has 0 aliphatic heterocycles. The summed E-state index contributed by atoms with van der Waals surface area (Å²) in [7, 11) is 0. The summed E-state index contributed by atoms with van der Waals surface area (Å²) in [4.78, 5) is 0. The topological polar surface area (TPSA) is 13.1 Å². The quantitative estimate of drug-likeness (QED) is 0.626. The van der Waals surface area contributed by atoms with Gasteiger partial charge in [-0.2, -0.15) is 0 Å². The molecule has 0 unspecified atom stereocenters. The van der Waals surface area contributed by atoms with Gasteiger partial charge in [-0.05, 0) is 24.3 Å². The van der Waals surface area contributed by atoms with Gasteiger partial charge in [0.25, 0.3) is 0 Å². The molecule has 0 bridgehead atoms. The number of hydrogen-bond donors (Lipinski definition) is 0. The monoisotopic (exact) mass is 161 g/mol. The first-order valence-electron chi connectivity index (χ1n) is 3.59. The zero-order valence-corrected chi connectivity index (χ0v) is 6.25. The second kappa shape index (κ2) is 2.81. The molecule has 59 valence electrons.